The van der Waals surface area contributed by atoms with Crippen LogP contribution in [0.3, 0.4) is 0 Å². The molecule has 1 aliphatic heterocycles. The van der Waals surface area contributed by atoms with Crippen molar-refractivity contribution in [3.63, 3.8) is 0 Å². The van der Waals surface area contributed by atoms with Crippen molar-refractivity contribution in [1.29, 1.82) is 0 Å². The Morgan fingerprint density at radius 3 is 2.67 bits per heavy atom. The van der Waals surface area contributed by atoms with E-state index in [1.54, 1.807) is 7.05 Å². The molecule has 0 saturated carbocycles. The zero-order valence-corrected chi connectivity index (χ0v) is 10.6. The van der Waals surface area contributed by atoms with Crippen LogP contribution < -0.4 is 10.2 Å². The highest BCUT2D eigenvalue weighted by atomic mass is 16.6. The molecule has 1 fully saturated rings. The highest BCUT2D eigenvalue weighted by Gasteiger charge is 2.28. The third kappa shape index (κ3) is 2.34. The van der Waals surface area contributed by atoms with Gasteiger partial charge in [0.15, 0.2) is 0 Å². The third-order valence-corrected chi connectivity index (χ3v) is 3.31. The maximum Gasteiger partial charge on any atom is 0.353 e. The first-order valence-electron chi connectivity index (χ1n) is 6.05. The lowest BCUT2D eigenvalue weighted by Crippen LogP contribution is -2.34. The van der Waals surface area contributed by atoms with Crippen molar-refractivity contribution in [2.75, 3.05) is 30.4 Å². The van der Waals surface area contributed by atoms with E-state index in [2.05, 4.69) is 22.2 Å². The van der Waals surface area contributed by atoms with Gasteiger partial charge in [-0.25, -0.2) is 9.97 Å². The molecule has 18 heavy (non-hydrogen) atoms. The molecule has 0 atom stereocenters. The Kier molecular flexibility index (Phi) is 3.59. The van der Waals surface area contributed by atoms with Crippen molar-refractivity contribution < 1.29 is 4.92 Å². The number of nitro groups is 1. The Hall–Kier alpha value is -1.92. The molecule has 98 valence electrons. The van der Waals surface area contributed by atoms with Crippen LogP contribution in [-0.2, 0) is 0 Å². The Morgan fingerprint density at radius 2 is 2.11 bits per heavy atom. The van der Waals surface area contributed by atoms with E-state index in [-0.39, 0.29) is 11.5 Å². The highest BCUT2D eigenvalue weighted by molar-refractivity contribution is 5.70. The van der Waals surface area contributed by atoms with Crippen molar-refractivity contribution >= 4 is 17.3 Å². The molecule has 0 unspecified atom stereocenters. The molecule has 0 aliphatic carbocycles. The van der Waals surface area contributed by atoms with Gasteiger partial charge in [0.1, 0.15) is 6.33 Å². The second-order valence-electron chi connectivity index (χ2n) is 4.57. The summed E-state index contributed by atoms with van der Waals surface area (Å²) in [6, 6.07) is 0. The minimum Gasteiger partial charge on any atom is -0.367 e. The minimum atomic E-state index is -0.417. The Bertz CT molecular complexity index is 443. The van der Waals surface area contributed by atoms with Gasteiger partial charge < -0.3 is 10.2 Å². The predicted octanol–water partition coefficient (Wildman–Crippen LogP) is 1.66. The van der Waals surface area contributed by atoms with Crippen molar-refractivity contribution in [2.24, 2.45) is 5.92 Å². The highest BCUT2D eigenvalue weighted by Crippen LogP contribution is 2.33. The second kappa shape index (κ2) is 5.16. The van der Waals surface area contributed by atoms with Crippen LogP contribution in [0.1, 0.15) is 19.8 Å². The molecule has 2 heterocycles. The van der Waals surface area contributed by atoms with Gasteiger partial charge in [0.2, 0.25) is 11.6 Å². The fraction of sp³-hybridized carbons (Fsp3) is 0.636. The minimum absolute atomic E-state index is 0.0328. The number of nitrogens with zero attached hydrogens (tertiary/aromatic N) is 4. The summed E-state index contributed by atoms with van der Waals surface area (Å²) < 4.78 is 0. The van der Waals surface area contributed by atoms with E-state index in [4.69, 9.17) is 0 Å². The summed E-state index contributed by atoms with van der Waals surface area (Å²) in [4.78, 5) is 20.7. The van der Waals surface area contributed by atoms with Gasteiger partial charge in [-0.15, -0.1) is 0 Å². The largest absolute Gasteiger partial charge is 0.367 e. The van der Waals surface area contributed by atoms with Gasteiger partial charge in [-0.3, -0.25) is 10.1 Å². The van der Waals surface area contributed by atoms with Crippen LogP contribution in [0.4, 0.5) is 17.3 Å². The van der Waals surface area contributed by atoms with Gasteiger partial charge in [0, 0.05) is 20.1 Å². The molecular weight excluding hydrogens is 234 g/mol. The molecule has 1 N–H and O–H groups in total. The summed E-state index contributed by atoms with van der Waals surface area (Å²) >= 11 is 0. The summed E-state index contributed by atoms with van der Waals surface area (Å²) in [6.07, 6.45) is 3.44. The third-order valence-electron chi connectivity index (χ3n) is 3.31. The van der Waals surface area contributed by atoms with Gasteiger partial charge >= 0.3 is 5.69 Å². The quantitative estimate of drug-likeness (QED) is 0.649. The standard InChI is InChI=1S/C11H17N5O2/c1-8-3-5-15(6-4-8)11-9(16(17)18)10(12-2)13-7-14-11/h7-8H,3-6H2,1-2H3,(H,12,13,14). The van der Waals surface area contributed by atoms with Crippen molar-refractivity contribution in [3.05, 3.63) is 16.4 Å². The first kappa shape index (κ1) is 12.5. The molecule has 0 spiro atoms. The monoisotopic (exact) mass is 251 g/mol. The molecule has 7 heteroatoms. The number of piperidine rings is 1. The molecule has 1 saturated heterocycles. The number of aromatic nitrogens is 2. The first-order valence-corrected chi connectivity index (χ1v) is 6.05. The summed E-state index contributed by atoms with van der Waals surface area (Å²) in [5.41, 5.74) is -0.0328. The normalized spacial score (nSPS) is 16.7. The molecular formula is C11H17N5O2. The van der Waals surface area contributed by atoms with E-state index in [0.29, 0.717) is 11.7 Å². The second-order valence-corrected chi connectivity index (χ2v) is 4.57. The van der Waals surface area contributed by atoms with Gasteiger partial charge in [-0.2, -0.15) is 0 Å². The maximum absolute atomic E-state index is 11.2. The fourth-order valence-electron chi connectivity index (χ4n) is 2.17. The SMILES string of the molecule is CNc1ncnc(N2CCC(C)CC2)c1[N+](=O)[O-]. The van der Waals surface area contributed by atoms with Gasteiger partial charge in [0.05, 0.1) is 4.92 Å². The molecule has 2 rings (SSSR count). The summed E-state index contributed by atoms with van der Waals surface area (Å²) in [6.45, 7) is 3.81. The Labute approximate surface area is 105 Å². The molecule has 1 aliphatic rings. The van der Waals surface area contributed by atoms with Crippen LogP contribution >= 0.6 is 0 Å². The number of anilines is 2. The Balaban J connectivity index is 2.35. The van der Waals surface area contributed by atoms with Crippen LogP contribution in [0, 0.1) is 16.0 Å². The molecule has 0 bridgehead atoms. The Morgan fingerprint density at radius 1 is 1.44 bits per heavy atom. The lowest BCUT2D eigenvalue weighted by Gasteiger charge is -2.30. The maximum atomic E-state index is 11.2. The van der Waals surface area contributed by atoms with Gasteiger partial charge in [0.25, 0.3) is 0 Å². The summed E-state index contributed by atoms with van der Waals surface area (Å²) in [5, 5.41) is 13.9. The average Bonchev–Trinajstić information content (AvgIpc) is 2.38. The first-order chi connectivity index (χ1) is 8.63. The van der Waals surface area contributed by atoms with Crippen LogP contribution in [0.25, 0.3) is 0 Å². The summed E-state index contributed by atoms with van der Waals surface area (Å²) in [7, 11) is 1.62. The summed E-state index contributed by atoms with van der Waals surface area (Å²) in [5.74, 6) is 1.36. The topological polar surface area (TPSA) is 84.2 Å². The average molecular weight is 251 g/mol. The van der Waals surface area contributed by atoms with Crippen molar-refractivity contribution in [3.8, 4) is 0 Å². The lowest BCUT2D eigenvalue weighted by atomic mass is 9.99. The fourth-order valence-corrected chi connectivity index (χ4v) is 2.17. The van der Waals surface area contributed by atoms with E-state index in [0.717, 1.165) is 25.9 Å². The molecule has 0 aromatic carbocycles. The molecule has 7 nitrogen and oxygen atoms in total. The van der Waals surface area contributed by atoms with Crippen LogP contribution in [-0.4, -0.2) is 35.0 Å². The van der Waals surface area contributed by atoms with Gasteiger partial charge in [-0.05, 0) is 18.8 Å². The van der Waals surface area contributed by atoms with E-state index in [1.165, 1.54) is 6.33 Å². The molecule has 1 aromatic rings. The molecule has 0 radical (unpaired) electrons. The van der Waals surface area contributed by atoms with Gasteiger partial charge in [-0.1, -0.05) is 6.92 Å². The zero-order valence-electron chi connectivity index (χ0n) is 10.6. The van der Waals surface area contributed by atoms with Crippen molar-refractivity contribution in [1.82, 2.24) is 9.97 Å². The molecule has 0 amide bonds. The van der Waals surface area contributed by atoms with Crippen LogP contribution in [0.5, 0.6) is 0 Å². The van der Waals surface area contributed by atoms with E-state index in [9.17, 15) is 10.1 Å². The number of rotatable bonds is 3. The van der Waals surface area contributed by atoms with Crippen LogP contribution in [0.2, 0.25) is 0 Å². The van der Waals surface area contributed by atoms with E-state index >= 15 is 0 Å². The number of hydrogen-bond donors (Lipinski definition) is 1. The van der Waals surface area contributed by atoms with E-state index in [1.807, 2.05) is 4.90 Å². The smallest absolute Gasteiger partial charge is 0.353 e. The number of nitrogens with one attached hydrogen (secondary N) is 1. The lowest BCUT2D eigenvalue weighted by molar-refractivity contribution is -0.383. The number of hydrogen-bond acceptors (Lipinski definition) is 6. The zero-order chi connectivity index (χ0) is 13.1. The van der Waals surface area contributed by atoms with Crippen molar-refractivity contribution in [2.45, 2.75) is 19.8 Å². The van der Waals surface area contributed by atoms with Crippen LogP contribution in [0.15, 0.2) is 6.33 Å². The van der Waals surface area contributed by atoms with E-state index < -0.39 is 4.92 Å². The predicted molar refractivity (Wildman–Crippen MR) is 68.8 cm³/mol. The molecule has 1 aromatic heterocycles.